The van der Waals surface area contributed by atoms with Crippen LogP contribution in [0.3, 0.4) is 0 Å². The predicted octanol–water partition coefficient (Wildman–Crippen LogP) is 2.62. The van der Waals surface area contributed by atoms with Crippen LogP contribution in [-0.4, -0.2) is 36.5 Å². The molecule has 0 bridgehead atoms. The summed E-state index contributed by atoms with van der Waals surface area (Å²) in [6, 6.07) is 5.94. The number of aryl methyl sites for hydroxylation is 2. The highest BCUT2D eigenvalue weighted by Crippen LogP contribution is 2.20. The van der Waals surface area contributed by atoms with Gasteiger partial charge in [0.05, 0.1) is 24.2 Å². The Morgan fingerprint density at radius 2 is 2.10 bits per heavy atom. The molecule has 0 radical (unpaired) electrons. The number of hydrogen-bond donors (Lipinski definition) is 1. The van der Waals surface area contributed by atoms with E-state index in [1.165, 1.54) is 0 Å². The van der Waals surface area contributed by atoms with Crippen LogP contribution in [0.1, 0.15) is 25.6 Å². The first-order valence-corrected chi connectivity index (χ1v) is 7.57. The van der Waals surface area contributed by atoms with Gasteiger partial charge < -0.3 is 19.8 Å². The van der Waals surface area contributed by atoms with E-state index >= 15 is 0 Å². The summed E-state index contributed by atoms with van der Waals surface area (Å²) in [5, 5.41) is 0. The van der Waals surface area contributed by atoms with Gasteiger partial charge in [0.25, 0.3) is 0 Å². The number of methoxy groups -OCH3 is 1. The SMILES string of the molecule is CCCc1nc2cc(N)ccc2n1CCCOCCOC. The molecular weight excluding hydrogens is 266 g/mol. The lowest BCUT2D eigenvalue weighted by Crippen LogP contribution is -2.08. The lowest BCUT2D eigenvalue weighted by molar-refractivity contribution is 0.0680. The van der Waals surface area contributed by atoms with E-state index in [9.17, 15) is 0 Å². The largest absolute Gasteiger partial charge is 0.399 e. The molecule has 116 valence electrons. The summed E-state index contributed by atoms with van der Waals surface area (Å²) in [5.74, 6) is 1.13. The van der Waals surface area contributed by atoms with E-state index in [4.69, 9.17) is 20.2 Å². The number of aromatic nitrogens is 2. The molecule has 0 saturated heterocycles. The summed E-state index contributed by atoms with van der Waals surface area (Å²) < 4.78 is 12.8. The molecule has 0 amide bonds. The fraction of sp³-hybridized carbons (Fsp3) is 0.562. The van der Waals surface area contributed by atoms with Crippen LogP contribution in [0.5, 0.6) is 0 Å². The Morgan fingerprint density at radius 3 is 2.86 bits per heavy atom. The van der Waals surface area contributed by atoms with E-state index in [0.29, 0.717) is 13.2 Å². The maximum absolute atomic E-state index is 5.84. The molecule has 0 saturated carbocycles. The minimum atomic E-state index is 0.647. The molecule has 5 nitrogen and oxygen atoms in total. The molecule has 0 aliphatic rings. The van der Waals surface area contributed by atoms with Gasteiger partial charge in [0.1, 0.15) is 5.82 Å². The minimum absolute atomic E-state index is 0.647. The second-order valence-corrected chi connectivity index (χ2v) is 5.14. The van der Waals surface area contributed by atoms with Gasteiger partial charge in [-0.1, -0.05) is 6.92 Å². The van der Waals surface area contributed by atoms with Crippen molar-refractivity contribution in [1.29, 1.82) is 0 Å². The predicted molar refractivity (Wildman–Crippen MR) is 85.5 cm³/mol. The Morgan fingerprint density at radius 1 is 1.24 bits per heavy atom. The molecule has 0 atom stereocenters. The van der Waals surface area contributed by atoms with E-state index in [1.807, 2.05) is 12.1 Å². The van der Waals surface area contributed by atoms with Crippen LogP contribution in [0.15, 0.2) is 18.2 Å². The second kappa shape index (κ2) is 8.00. The van der Waals surface area contributed by atoms with Gasteiger partial charge in [0.15, 0.2) is 0 Å². The van der Waals surface area contributed by atoms with E-state index in [-0.39, 0.29) is 0 Å². The smallest absolute Gasteiger partial charge is 0.109 e. The van der Waals surface area contributed by atoms with E-state index in [0.717, 1.165) is 55.0 Å². The average Bonchev–Trinajstić information content (AvgIpc) is 2.80. The minimum Gasteiger partial charge on any atom is -0.399 e. The zero-order valence-corrected chi connectivity index (χ0v) is 13.0. The molecule has 1 aromatic heterocycles. The van der Waals surface area contributed by atoms with Crippen LogP contribution in [0.2, 0.25) is 0 Å². The number of hydrogen-bond acceptors (Lipinski definition) is 4. The molecule has 0 fully saturated rings. The fourth-order valence-corrected chi connectivity index (χ4v) is 2.43. The van der Waals surface area contributed by atoms with Gasteiger partial charge in [0.2, 0.25) is 0 Å². The monoisotopic (exact) mass is 291 g/mol. The Bertz CT molecular complexity index is 566. The molecule has 0 aliphatic heterocycles. The number of imidazole rings is 1. The fourth-order valence-electron chi connectivity index (χ4n) is 2.43. The van der Waals surface area contributed by atoms with E-state index in [2.05, 4.69) is 17.6 Å². The third-order valence-electron chi connectivity index (χ3n) is 3.43. The molecule has 1 aromatic carbocycles. The highest BCUT2D eigenvalue weighted by molar-refractivity contribution is 5.79. The molecule has 2 aromatic rings. The summed E-state index contributed by atoms with van der Waals surface area (Å²) in [7, 11) is 1.68. The van der Waals surface area contributed by atoms with Crippen molar-refractivity contribution < 1.29 is 9.47 Å². The van der Waals surface area contributed by atoms with Gasteiger partial charge in [-0.2, -0.15) is 0 Å². The van der Waals surface area contributed by atoms with Crippen LogP contribution in [0, 0.1) is 0 Å². The van der Waals surface area contributed by atoms with Gasteiger partial charge in [0, 0.05) is 32.4 Å². The molecule has 2 rings (SSSR count). The standard InChI is InChI=1S/C16H25N3O2/c1-3-5-16-18-14-12-13(17)6-7-15(14)19(16)8-4-9-21-11-10-20-2/h6-7,12H,3-5,8-11,17H2,1-2H3. The average molecular weight is 291 g/mol. The maximum Gasteiger partial charge on any atom is 0.109 e. The number of anilines is 1. The number of nitrogen functional groups attached to an aromatic ring is 1. The summed E-state index contributed by atoms with van der Waals surface area (Å²) in [6.07, 6.45) is 3.04. The Balaban J connectivity index is 2.04. The summed E-state index contributed by atoms with van der Waals surface area (Å²) >= 11 is 0. The van der Waals surface area contributed by atoms with Crippen LogP contribution in [-0.2, 0) is 22.4 Å². The lowest BCUT2D eigenvalue weighted by Gasteiger charge is -2.09. The van der Waals surface area contributed by atoms with Crippen molar-refractivity contribution in [3.05, 3.63) is 24.0 Å². The van der Waals surface area contributed by atoms with Crippen molar-refractivity contribution in [3.63, 3.8) is 0 Å². The van der Waals surface area contributed by atoms with Gasteiger partial charge in [-0.3, -0.25) is 0 Å². The van der Waals surface area contributed by atoms with Gasteiger partial charge in [-0.25, -0.2) is 4.98 Å². The van der Waals surface area contributed by atoms with E-state index in [1.54, 1.807) is 7.11 Å². The number of fused-ring (bicyclic) bond motifs is 1. The first-order chi connectivity index (χ1) is 10.3. The van der Waals surface area contributed by atoms with Crippen molar-refractivity contribution in [2.24, 2.45) is 0 Å². The molecular formula is C16H25N3O2. The number of benzene rings is 1. The van der Waals surface area contributed by atoms with Crippen molar-refractivity contribution in [3.8, 4) is 0 Å². The normalized spacial score (nSPS) is 11.3. The lowest BCUT2D eigenvalue weighted by atomic mass is 10.2. The zero-order chi connectivity index (χ0) is 15.1. The Hall–Kier alpha value is -1.59. The molecule has 21 heavy (non-hydrogen) atoms. The number of nitrogens with zero attached hydrogens (tertiary/aromatic N) is 2. The van der Waals surface area contributed by atoms with Gasteiger partial charge in [-0.05, 0) is 31.0 Å². The zero-order valence-electron chi connectivity index (χ0n) is 13.0. The van der Waals surface area contributed by atoms with Crippen molar-refractivity contribution in [2.45, 2.75) is 32.7 Å². The molecule has 0 unspecified atom stereocenters. The van der Waals surface area contributed by atoms with Crippen LogP contribution in [0.25, 0.3) is 11.0 Å². The Labute approximate surface area is 126 Å². The van der Waals surface area contributed by atoms with E-state index < -0.39 is 0 Å². The molecule has 0 spiro atoms. The topological polar surface area (TPSA) is 62.3 Å². The van der Waals surface area contributed by atoms with Crippen LogP contribution < -0.4 is 5.73 Å². The highest BCUT2D eigenvalue weighted by Gasteiger charge is 2.10. The van der Waals surface area contributed by atoms with Crippen LogP contribution >= 0.6 is 0 Å². The molecule has 0 aliphatic carbocycles. The summed E-state index contributed by atoms with van der Waals surface area (Å²) in [4.78, 5) is 4.71. The van der Waals surface area contributed by atoms with Crippen molar-refractivity contribution in [2.75, 3.05) is 32.7 Å². The highest BCUT2D eigenvalue weighted by atomic mass is 16.5. The number of nitrogens with two attached hydrogens (primary N) is 1. The third kappa shape index (κ3) is 4.19. The molecule has 5 heteroatoms. The maximum atomic E-state index is 5.84. The van der Waals surface area contributed by atoms with Crippen molar-refractivity contribution in [1.82, 2.24) is 9.55 Å². The second-order valence-electron chi connectivity index (χ2n) is 5.14. The summed E-state index contributed by atoms with van der Waals surface area (Å²) in [5.41, 5.74) is 8.75. The van der Waals surface area contributed by atoms with Crippen LogP contribution in [0.4, 0.5) is 5.69 Å². The first-order valence-electron chi connectivity index (χ1n) is 7.57. The van der Waals surface area contributed by atoms with Gasteiger partial charge >= 0.3 is 0 Å². The molecule has 2 N–H and O–H groups in total. The van der Waals surface area contributed by atoms with Gasteiger partial charge in [-0.15, -0.1) is 0 Å². The number of rotatable bonds is 9. The van der Waals surface area contributed by atoms with Crippen molar-refractivity contribution >= 4 is 16.7 Å². The summed E-state index contributed by atoms with van der Waals surface area (Å²) in [6.45, 7) is 5.13. The third-order valence-corrected chi connectivity index (χ3v) is 3.43. The quantitative estimate of drug-likeness (QED) is 0.570. The Kier molecular flexibility index (Phi) is 6.02. The first kappa shape index (κ1) is 15.8. The number of ether oxygens (including phenoxy) is 2. The molecule has 1 heterocycles.